The molecule has 1 N–H and O–H groups in total. The summed E-state index contributed by atoms with van der Waals surface area (Å²) in [4.78, 5) is 11.3. The summed E-state index contributed by atoms with van der Waals surface area (Å²) in [5.41, 5.74) is 1.01. The van der Waals surface area contributed by atoms with Crippen LogP contribution in [0.25, 0.3) is 0 Å². The summed E-state index contributed by atoms with van der Waals surface area (Å²) in [5.74, 6) is 0.890. The first-order valence-electron chi connectivity index (χ1n) is 5.30. The van der Waals surface area contributed by atoms with Gasteiger partial charge in [-0.15, -0.1) is 11.8 Å². The van der Waals surface area contributed by atoms with Crippen LogP contribution in [-0.2, 0) is 5.75 Å². The van der Waals surface area contributed by atoms with E-state index in [0.717, 1.165) is 10.5 Å². The molecular formula is C13H11NO3S. The largest absolute Gasteiger partial charge is 0.508 e. The Kier molecular flexibility index (Phi) is 3.84. The van der Waals surface area contributed by atoms with Gasteiger partial charge in [0.25, 0.3) is 5.69 Å². The van der Waals surface area contributed by atoms with Crippen molar-refractivity contribution in [2.45, 2.75) is 10.6 Å². The first-order valence-corrected chi connectivity index (χ1v) is 6.29. The molecule has 0 saturated carbocycles. The summed E-state index contributed by atoms with van der Waals surface area (Å²) in [7, 11) is 0. The van der Waals surface area contributed by atoms with Crippen LogP contribution < -0.4 is 0 Å². The number of hydrogen-bond donors (Lipinski definition) is 1. The van der Waals surface area contributed by atoms with E-state index in [9.17, 15) is 10.1 Å². The van der Waals surface area contributed by atoms with Crippen LogP contribution in [0.2, 0.25) is 0 Å². The summed E-state index contributed by atoms with van der Waals surface area (Å²) >= 11 is 1.57. The summed E-state index contributed by atoms with van der Waals surface area (Å²) in [6.07, 6.45) is 0. The van der Waals surface area contributed by atoms with Crippen molar-refractivity contribution in [3.05, 3.63) is 64.2 Å². The van der Waals surface area contributed by atoms with E-state index in [0.29, 0.717) is 5.75 Å². The standard InChI is InChI=1S/C13H11NO3S/c15-12-4-6-13(7-5-12)18-9-10-2-1-3-11(8-10)14(16)17/h1-8,15H,9H2. The van der Waals surface area contributed by atoms with Crippen LogP contribution in [0.1, 0.15) is 5.56 Å². The Balaban J connectivity index is 2.04. The van der Waals surface area contributed by atoms with Gasteiger partial charge in [-0.1, -0.05) is 12.1 Å². The second-order valence-electron chi connectivity index (χ2n) is 3.71. The van der Waals surface area contributed by atoms with Crippen molar-refractivity contribution in [1.82, 2.24) is 0 Å². The molecule has 0 aliphatic rings. The molecule has 0 amide bonds. The van der Waals surface area contributed by atoms with Crippen LogP contribution in [0.3, 0.4) is 0 Å². The Morgan fingerprint density at radius 3 is 2.56 bits per heavy atom. The van der Waals surface area contributed by atoms with Crippen LogP contribution in [0.5, 0.6) is 5.75 Å². The van der Waals surface area contributed by atoms with Gasteiger partial charge in [-0.25, -0.2) is 0 Å². The molecule has 0 aromatic heterocycles. The van der Waals surface area contributed by atoms with Crippen LogP contribution in [0.15, 0.2) is 53.4 Å². The minimum atomic E-state index is -0.394. The Labute approximate surface area is 108 Å². The molecule has 18 heavy (non-hydrogen) atoms. The van der Waals surface area contributed by atoms with Crippen molar-refractivity contribution in [2.24, 2.45) is 0 Å². The molecule has 0 spiro atoms. The molecule has 4 nitrogen and oxygen atoms in total. The lowest BCUT2D eigenvalue weighted by Gasteiger charge is -2.02. The minimum Gasteiger partial charge on any atom is -0.508 e. The highest BCUT2D eigenvalue weighted by molar-refractivity contribution is 7.98. The topological polar surface area (TPSA) is 63.4 Å². The lowest BCUT2D eigenvalue weighted by molar-refractivity contribution is -0.384. The van der Waals surface area contributed by atoms with E-state index in [1.165, 1.54) is 6.07 Å². The third-order valence-electron chi connectivity index (χ3n) is 2.36. The van der Waals surface area contributed by atoms with E-state index < -0.39 is 4.92 Å². The number of non-ortho nitro benzene ring substituents is 1. The number of nitro groups is 1. The molecule has 92 valence electrons. The number of phenolic OH excluding ortho intramolecular Hbond substituents is 1. The number of rotatable bonds is 4. The number of nitro benzene ring substituents is 1. The maximum absolute atomic E-state index is 10.6. The number of nitrogens with zero attached hydrogens (tertiary/aromatic N) is 1. The fraction of sp³-hybridized carbons (Fsp3) is 0.0769. The molecule has 0 unspecified atom stereocenters. The van der Waals surface area contributed by atoms with E-state index in [1.54, 1.807) is 36.0 Å². The van der Waals surface area contributed by atoms with Crippen LogP contribution in [0.4, 0.5) is 5.69 Å². The van der Waals surface area contributed by atoms with Gasteiger partial charge >= 0.3 is 0 Å². The lowest BCUT2D eigenvalue weighted by Crippen LogP contribution is -1.89. The maximum atomic E-state index is 10.6. The average Bonchev–Trinajstić information content (AvgIpc) is 2.38. The minimum absolute atomic E-state index is 0.110. The van der Waals surface area contributed by atoms with E-state index in [2.05, 4.69) is 0 Å². The molecule has 2 rings (SSSR count). The third kappa shape index (κ3) is 3.24. The van der Waals surface area contributed by atoms with Gasteiger partial charge < -0.3 is 5.11 Å². The maximum Gasteiger partial charge on any atom is 0.269 e. The Bertz CT molecular complexity index is 554. The van der Waals surface area contributed by atoms with Crippen LogP contribution in [-0.4, -0.2) is 10.0 Å². The number of hydrogen-bond acceptors (Lipinski definition) is 4. The summed E-state index contributed by atoms with van der Waals surface area (Å²) in [6, 6.07) is 13.5. The van der Waals surface area contributed by atoms with Gasteiger partial charge in [0.2, 0.25) is 0 Å². The Hall–Kier alpha value is -2.01. The molecule has 2 aromatic rings. The summed E-state index contributed by atoms with van der Waals surface area (Å²) < 4.78 is 0. The second kappa shape index (κ2) is 5.55. The van der Waals surface area contributed by atoms with Gasteiger partial charge in [0.05, 0.1) is 4.92 Å². The van der Waals surface area contributed by atoms with Crippen molar-refractivity contribution >= 4 is 17.4 Å². The molecule has 0 radical (unpaired) electrons. The molecule has 0 aliphatic heterocycles. The summed E-state index contributed by atoms with van der Waals surface area (Å²) in [5, 5.41) is 19.8. The van der Waals surface area contributed by atoms with Gasteiger partial charge in [0, 0.05) is 22.8 Å². The van der Waals surface area contributed by atoms with Crippen molar-refractivity contribution < 1.29 is 10.0 Å². The third-order valence-corrected chi connectivity index (χ3v) is 3.45. The first-order chi connectivity index (χ1) is 8.65. The van der Waals surface area contributed by atoms with Crippen molar-refractivity contribution in [2.75, 3.05) is 0 Å². The second-order valence-corrected chi connectivity index (χ2v) is 4.76. The van der Waals surface area contributed by atoms with Gasteiger partial charge in [-0.05, 0) is 29.8 Å². The predicted octanol–water partition coefficient (Wildman–Crippen LogP) is 3.59. The van der Waals surface area contributed by atoms with Crippen molar-refractivity contribution in [3.63, 3.8) is 0 Å². The SMILES string of the molecule is O=[N+]([O-])c1cccc(CSc2ccc(O)cc2)c1. The smallest absolute Gasteiger partial charge is 0.269 e. The fourth-order valence-electron chi connectivity index (χ4n) is 1.47. The predicted molar refractivity (Wildman–Crippen MR) is 70.8 cm³/mol. The number of thioether (sulfide) groups is 1. The molecule has 0 bridgehead atoms. The number of phenols is 1. The number of aromatic hydroxyl groups is 1. The van der Waals surface area contributed by atoms with Gasteiger partial charge in [0.1, 0.15) is 5.75 Å². The van der Waals surface area contributed by atoms with Gasteiger partial charge in [0.15, 0.2) is 0 Å². The normalized spacial score (nSPS) is 10.2. The van der Waals surface area contributed by atoms with E-state index in [4.69, 9.17) is 5.11 Å². The quantitative estimate of drug-likeness (QED) is 0.519. The zero-order valence-corrected chi connectivity index (χ0v) is 10.3. The Morgan fingerprint density at radius 2 is 1.89 bits per heavy atom. The molecule has 0 aliphatic carbocycles. The highest BCUT2D eigenvalue weighted by Gasteiger charge is 2.05. The molecular weight excluding hydrogens is 250 g/mol. The van der Waals surface area contributed by atoms with E-state index in [-0.39, 0.29) is 11.4 Å². The molecule has 5 heteroatoms. The van der Waals surface area contributed by atoms with E-state index in [1.807, 2.05) is 18.2 Å². The lowest BCUT2D eigenvalue weighted by atomic mass is 10.2. The highest BCUT2D eigenvalue weighted by atomic mass is 32.2. The van der Waals surface area contributed by atoms with E-state index >= 15 is 0 Å². The molecule has 2 aromatic carbocycles. The van der Waals surface area contributed by atoms with Crippen LogP contribution >= 0.6 is 11.8 Å². The molecule has 0 fully saturated rings. The summed E-state index contributed by atoms with van der Waals surface area (Å²) in [6.45, 7) is 0. The van der Waals surface area contributed by atoms with Gasteiger partial charge in [-0.2, -0.15) is 0 Å². The van der Waals surface area contributed by atoms with Gasteiger partial charge in [-0.3, -0.25) is 10.1 Å². The molecule has 0 heterocycles. The average molecular weight is 261 g/mol. The zero-order chi connectivity index (χ0) is 13.0. The van der Waals surface area contributed by atoms with Crippen molar-refractivity contribution in [1.29, 1.82) is 0 Å². The molecule has 0 atom stereocenters. The Morgan fingerprint density at radius 1 is 1.17 bits per heavy atom. The van der Waals surface area contributed by atoms with Crippen molar-refractivity contribution in [3.8, 4) is 5.75 Å². The van der Waals surface area contributed by atoms with Crippen LogP contribution in [0, 0.1) is 10.1 Å². The highest BCUT2D eigenvalue weighted by Crippen LogP contribution is 2.25. The molecule has 0 saturated heterocycles. The zero-order valence-electron chi connectivity index (χ0n) is 9.45. The fourth-order valence-corrected chi connectivity index (χ4v) is 2.31. The monoisotopic (exact) mass is 261 g/mol. The number of benzene rings is 2. The first kappa shape index (κ1) is 12.4.